The highest BCUT2D eigenvalue weighted by Gasteiger charge is 2.22. The van der Waals surface area contributed by atoms with Crippen LogP contribution in [0.25, 0.3) is 0 Å². The monoisotopic (exact) mass is 305 g/mol. The van der Waals surface area contributed by atoms with Crippen molar-refractivity contribution in [2.45, 2.75) is 39.9 Å². The smallest absolute Gasteiger partial charge is 0.345 e. The molecular weight excluding hydrogens is 286 g/mol. The predicted octanol–water partition coefficient (Wildman–Crippen LogP) is 2.53. The summed E-state index contributed by atoms with van der Waals surface area (Å²) in [6.45, 7) is 7.67. The molecule has 1 N–H and O–H groups in total. The Morgan fingerprint density at radius 1 is 1.48 bits per heavy atom. The molecule has 0 unspecified atom stereocenters. The lowest BCUT2D eigenvalue weighted by molar-refractivity contribution is 0.0702. The molecule has 0 saturated carbocycles. The molecule has 21 heavy (non-hydrogen) atoms. The molecule has 0 aliphatic carbocycles. The molecule has 112 valence electrons. The average molecular weight is 305 g/mol. The van der Waals surface area contributed by atoms with Gasteiger partial charge in [-0.25, -0.2) is 4.79 Å². The lowest BCUT2D eigenvalue weighted by atomic mass is 10.1. The molecule has 0 radical (unpaired) electrons. The van der Waals surface area contributed by atoms with E-state index in [-0.39, 0.29) is 0 Å². The van der Waals surface area contributed by atoms with E-state index < -0.39 is 5.97 Å². The van der Waals surface area contributed by atoms with E-state index in [9.17, 15) is 4.79 Å². The summed E-state index contributed by atoms with van der Waals surface area (Å²) >= 11 is 1.41. The number of aryl methyl sites for hydroxylation is 2. The van der Waals surface area contributed by atoms with Crippen LogP contribution in [0.5, 0.6) is 0 Å². The highest BCUT2D eigenvalue weighted by atomic mass is 32.1. The van der Waals surface area contributed by atoms with Crippen LogP contribution in [0.4, 0.5) is 0 Å². The highest BCUT2D eigenvalue weighted by molar-refractivity contribution is 7.14. The molecule has 0 amide bonds. The first kappa shape index (κ1) is 14.3. The molecule has 6 heteroatoms. The van der Waals surface area contributed by atoms with Crippen molar-refractivity contribution in [3.05, 3.63) is 38.8 Å². The van der Waals surface area contributed by atoms with Crippen LogP contribution in [0.3, 0.4) is 0 Å². The van der Waals surface area contributed by atoms with Gasteiger partial charge < -0.3 is 5.11 Å². The molecule has 2 aromatic rings. The number of aromatic carboxylic acids is 1. The van der Waals surface area contributed by atoms with Crippen LogP contribution in [0.15, 0.2) is 12.1 Å². The van der Waals surface area contributed by atoms with Gasteiger partial charge in [0.15, 0.2) is 0 Å². The van der Waals surface area contributed by atoms with Crippen molar-refractivity contribution < 1.29 is 9.90 Å². The van der Waals surface area contributed by atoms with Gasteiger partial charge >= 0.3 is 5.97 Å². The number of carboxylic acids is 1. The number of aromatic nitrogens is 2. The van der Waals surface area contributed by atoms with Gasteiger partial charge in [-0.3, -0.25) is 9.58 Å². The van der Waals surface area contributed by atoms with E-state index >= 15 is 0 Å². The Labute approximate surface area is 127 Å². The molecular formula is C15H19N3O2S. The van der Waals surface area contributed by atoms with Crippen LogP contribution >= 0.6 is 11.3 Å². The first-order valence-corrected chi connectivity index (χ1v) is 7.99. The van der Waals surface area contributed by atoms with Gasteiger partial charge in [-0.1, -0.05) is 0 Å². The molecule has 1 aliphatic heterocycles. The molecule has 2 aromatic heterocycles. The van der Waals surface area contributed by atoms with Crippen molar-refractivity contribution in [2.75, 3.05) is 6.54 Å². The number of carbonyl (C=O) groups is 1. The summed E-state index contributed by atoms with van der Waals surface area (Å²) < 4.78 is 2.04. The third kappa shape index (κ3) is 2.87. The lowest BCUT2D eigenvalue weighted by Crippen LogP contribution is -2.30. The number of thiophene rings is 1. The fraction of sp³-hybridized carbons (Fsp3) is 0.467. The zero-order valence-corrected chi connectivity index (χ0v) is 13.1. The Morgan fingerprint density at radius 2 is 2.29 bits per heavy atom. The van der Waals surface area contributed by atoms with Gasteiger partial charge in [-0.05, 0) is 38.0 Å². The van der Waals surface area contributed by atoms with Crippen LogP contribution < -0.4 is 0 Å². The van der Waals surface area contributed by atoms with E-state index in [1.807, 2.05) is 17.7 Å². The standard InChI is InChI=1S/C15H19N3O2S/c1-3-18-12(6-10(2)16-18)8-17-5-4-11-7-13(15(19)20)21-14(11)9-17/h6-7H,3-5,8-9H2,1-2H3,(H,19,20). The largest absolute Gasteiger partial charge is 0.477 e. The van der Waals surface area contributed by atoms with Gasteiger partial charge in [0, 0.05) is 31.1 Å². The molecule has 3 heterocycles. The lowest BCUT2D eigenvalue weighted by Gasteiger charge is -2.26. The van der Waals surface area contributed by atoms with Gasteiger partial charge in [0.1, 0.15) is 4.88 Å². The maximum atomic E-state index is 11.1. The summed E-state index contributed by atoms with van der Waals surface area (Å²) in [5, 5.41) is 13.6. The number of carboxylic acid groups (broad SMARTS) is 1. The van der Waals surface area contributed by atoms with E-state index in [2.05, 4.69) is 23.0 Å². The van der Waals surface area contributed by atoms with Crippen LogP contribution in [-0.4, -0.2) is 32.3 Å². The molecule has 5 nitrogen and oxygen atoms in total. The zero-order chi connectivity index (χ0) is 15.0. The SMILES string of the molecule is CCn1nc(C)cc1CN1CCc2cc(C(=O)O)sc2C1. The third-order valence-corrected chi connectivity index (χ3v) is 4.99. The third-order valence-electron chi connectivity index (χ3n) is 3.84. The summed E-state index contributed by atoms with van der Waals surface area (Å²) in [5.74, 6) is -0.819. The quantitative estimate of drug-likeness (QED) is 0.943. The Hall–Kier alpha value is -1.66. The minimum absolute atomic E-state index is 0.455. The molecule has 0 fully saturated rings. The van der Waals surface area contributed by atoms with Crippen molar-refractivity contribution >= 4 is 17.3 Å². The summed E-state index contributed by atoms with van der Waals surface area (Å²) in [6, 6.07) is 3.97. The predicted molar refractivity (Wildman–Crippen MR) is 81.7 cm³/mol. The van der Waals surface area contributed by atoms with Crippen LogP contribution in [0.2, 0.25) is 0 Å². The number of rotatable bonds is 4. The first-order chi connectivity index (χ1) is 10.1. The Kier molecular flexibility index (Phi) is 3.82. The van der Waals surface area contributed by atoms with Crippen molar-refractivity contribution in [2.24, 2.45) is 0 Å². The normalized spacial score (nSPS) is 15.1. The van der Waals surface area contributed by atoms with Crippen molar-refractivity contribution in [3.63, 3.8) is 0 Å². The van der Waals surface area contributed by atoms with E-state index in [0.717, 1.165) is 38.3 Å². The van der Waals surface area contributed by atoms with Crippen molar-refractivity contribution in [1.29, 1.82) is 0 Å². The molecule has 1 aliphatic rings. The topological polar surface area (TPSA) is 58.4 Å². The van der Waals surface area contributed by atoms with E-state index in [1.165, 1.54) is 27.5 Å². The molecule has 0 aromatic carbocycles. The van der Waals surface area contributed by atoms with Crippen LogP contribution in [0, 0.1) is 6.92 Å². The van der Waals surface area contributed by atoms with E-state index in [1.54, 1.807) is 0 Å². The minimum atomic E-state index is -0.819. The molecule has 3 rings (SSSR count). The zero-order valence-electron chi connectivity index (χ0n) is 12.3. The number of fused-ring (bicyclic) bond motifs is 1. The second kappa shape index (κ2) is 5.61. The van der Waals surface area contributed by atoms with E-state index in [4.69, 9.17) is 5.11 Å². The highest BCUT2D eigenvalue weighted by Crippen LogP contribution is 2.29. The Morgan fingerprint density at radius 3 is 3.00 bits per heavy atom. The second-order valence-electron chi connectivity index (χ2n) is 5.42. The minimum Gasteiger partial charge on any atom is -0.477 e. The summed E-state index contributed by atoms with van der Waals surface area (Å²) in [4.78, 5) is 15.1. The van der Waals surface area contributed by atoms with Crippen LogP contribution in [0.1, 0.15) is 38.4 Å². The molecule has 0 bridgehead atoms. The van der Waals surface area contributed by atoms with E-state index in [0.29, 0.717) is 4.88 Å². The van der Waals surface area contributed by atoms with Gasteiger partial charge in [0.05, 0.1) is 11.4 Å². The summed E-state index contributed by atoms with van der Waals surface area (Å²) in [6.07, 6.45) is 0.929. The van der Waals surface area contributed by atoms with Crippen LogP contribution in [-0.2, 0) is 26.1 Å². The van der Waals surface area contributed by atoms with Gasteiger partial charge in [0.25, 0.3) is 0 Å². The molecule has 0 spiro atoms. The number of nitrogens with zero attached hydrogens (tertiary/aromatic N) is 3. The summed E-state index contributed by atoms with van der Waals surface area (Å²) in [7, 11) is 0. The van der Waals surface area contributed by atoms with Gasteiger partial charge in [-0.2, -0.15) is 5.10 Å². The fourth-order valence-corrected chi connectivity index (χ4v) is 3.94. The van der Waals surface area contributed by atoms with Crippen molar-refractivity contribution in [3.8, 4) is 0 Å². The van der Waals surface area contributed by atoms with Crippen molar-refractivity contribution in [1.82, 2.24) is 14.7 Å². The average Bonchev–Trinajstić information content (AvgIpc) is 3.01. The maximum absolute atomic E-state index is 11.1. The first-order valence-electron chi connectivity index (χ1n) is 7.17. The number of hydrogen-bond acceptors (Lipinski definition) is 4. The summed E-state index contributed by atoms with van der Waals surface area (Å²) in [5.41, 5.74) is 3.48. The fourth-order valence-electron chi connectivity index (χ4n) is 2.84. The maximum Gasteiger partial charge on any atom is 0.345 e. The Balaban J connectivity index is 1.75. The molecule has 0 atom stereocenters. The van der Waals surface area contributed by atoms with Gasteiger partial charge in [0.2, 0.25) is 0 Å². The molecule has 0 saturated heterocycles. The van der Waals surface area contributed by atoms with Gasteiger partial charge in [-0.15, -0.1) is 11.3 Å². The Bertz CT molecular complexity index is 675. The number of hydrogen-bond donors (Lipinski definition) is 1. The second-order valence-corrected chi connectivity index (χ2v) is 6.55.